The highest BCUT2D eigenvalue weighted by atomic mass is 16.5. The summed E-state index contributed by atoms with van der Waals surface area (Å²) >= 11 is 0. The first-order valence-electron chi connectivity index (χ1n) is 8.92. The van der Waals surface area contributed by atoms with Gasteiger partial charge in [-0.3, -0.25) is 14.4 Å². The minimum atomic E-state index is -0.665. The van der Waals surface area contributed by atoms with E-state index in [-0.39, 0.29) is 18.9 Å². The summed E-state index contributed by atoms with van der Waals surface area (Å²) in [6.07, 6.45) is 0.00269. The second kappa shape index (κ2) is 8.89. The van der Waals surface area contributed by atoms with Gasteiger partial charge in [-0.2, -0.15) is 5.26 Å². The van der Waals surface area contributed by atoms with Crippen molar-refractivity contribution in [3.63, 3.8) is 0 Å². The smallest absolute Gasteiger partial charge is 0.311 e. The van der Waals surface area contributed by atoms with Crippen LogP contribution >= 0.6 is 0 Å². The molecule has 1 aliphatic rings. The van der Waals surface area contributed by atoms with E-state index >= 15 is 0 Å². The Kier molecular flexibility index (Phi) is 6.09. The number of rotatable bonds is 6. The Hall–Kier alpha value is -3.86. The van der Waals surface area contributed by atoms with Crippen molar-refractivity contribution in [3.8, 4) is 11.8 Å². The molecule has 0 bridgehead atoms. The zero-order chi connectivity index (χ0) is 20.8. The van der Waals surface area contributed by atoms with Crippen molar-refractivity contribution in [3.05, 3.63) is 54.1 Å². The van der Waals surface area contributed by atoms with E-state index in [2.05, 4.69) is 5.32 Å². The molecule has 1 aliphatic heterocycles. The molecule has 0 aliphatic carbocycles. The Bertz CT molecular complexity index is 982. The summed E-state index contributed by atoms with van der Waals surface area (Å²) in [5, 5.41) is 11.4. The number of para-hydroxylation sites is 2. The van der Waals surface area contributed by atoms with E-state index in [1.807, 2.05) is 6.07 Å². The van der Waals surface area contributed by atoms with Gasteiger partial charge in [-0.1, -0.05) is 18.2 Å². The quantitative estimate of drug-likeness (QED) is 0.753. The average molecular weight is 393 g/mol. The summed E-state index contributed by atoms with van der Waals surface area (Å²) < 4.78 is 10.4. The first kappa shape index (κ1) is 19.9. The summed E-state index contributed by atoms with van der Waals surface area (Å²) in [5.41, 5.74) is 1.43. The molecule has 1 fully saturated rings. The Morgan fingerprint density at radius 3 is 2.79 bits per heavy atom. The summed E-state index contributed by atoms with van der Waals surface area (Å²) in [5.74, 6) is -1.48. The van der Waals surface area contributed by atoms with E-state index < -0.39 is 24.4 Å². The van der Waals surface area contributed by atoms with Crippen LogP contribution in [0.5, 0.6) is 5.75 Å². The lowest BCUT2D eigenvalue weighted by atomic mass is 10.1. The van der Waals surface area contributed by atoms with Gasteiger partial charge >= 0.3 is 5.97 Å². The maximum Gasteiger partial charge on any atom is 0.311 e. The normalized spacial score (nSPS) is 15.5. The molecule has 2 amide bonds. The average Bonchev–Trinajstić information content (AvgIpc) is 3.13. The van der Waals surface area contributed by atoms with Crippen molar-refractivity contribution in [2.75, 3.05) is 30.5 Å². The highest BCUT2D eigenvalue weighted by Crippen LogP contribution is 2.33. The van der Waals surface area contributed by atoms with Crippen molar-refractivity contribution < 1.29 is 23.9 Å². The van der Waals surface area contributed by atoms with Crippen molar-refractivity contribution in [2.24, 2.45) is 5.92 Å². The van der Waals surface area contributed by atoms with Crippen LogP contribution in [0.25, 0.3) is 0 Å². The maximum atomic E-state index is 12.4. The first-order chi connectivity index (χ1) is 14.0. The van der Waals surface area contributed by atoms with Crippen molar-refractivity contribution in [2.45, 2.75) is 6.42 Å². The van der Waals surface area contributed by atoms with Crippen LogP contribution in [-0.2, 0) is 19.1 Å². The number of ether oxygens (including phenoxy) is 2. The Labute approximate surface area is 167 Å². The molecule has 148 valence electrons. The molecular weight excluding hydrogens is 374 g/mol. The minimum Gasteiger partial charge on any atom is -0.495 e. The molecule has 1 N–H and O–H groups in total. The molecule has 29 heavy (non-hydrogen) atoms. The second-order valence-electron chi connectivity index (χ2n) is 6.43. The van der Waals surface area contributed by atoms with Crippen molar-refractivity contribution >= 4 is 29.2 Å². The van der Waals surface area contributed by atoms with Gasteiger partial charge in [0.1, 0.15) is 5.75 Å². The van der Waals surface area contributed by atoms with E-state index in [0.29, 0.717) is 22.7 Å². The zero-order valence-electron chi connectivity index (χ0n) is 15.8. The third-order valence-electron chi connectivity index (χ3n) is 4.46. The number of nitrogens with one attached hydrogen (secondary N) is 1. The number of nitriles is 1. The molecule has 1 heterocycles. The summed E-state index contributed by atoms with van der Waals surface area (Å²) in [6.45, 7) is -0.321. The van der Waals surface area contributed by atoms with Crippen LogP contribution in [0.15, 0.2) is 48.5 Å². The van der Waals surface area contributed by atoms with Gasteiger partial charge in [0.25, 0.3) is 5.91 Å². The molecule has 0 radical (unpaired) electrons. The van der Waals surface area contributed by atoms with Crippen LogP contribution < -0.4 is 15.0 Å². The Morgan fingerprint density at radius 2 is 2.03 bits per heavy atom. The second-order valence-corrected chi connectivity index (χ2v) is 6.43. The Morgan fingerprint density at radius 1 is 1.24 bits per heavy atom. The molecule has 2 aromatic rings. The predicted molar refractivity (Wildman–Crippen MR) is 104 cm³/mol. The summed E-state index contributed by atoms with van der Waals surface area (Å²) in [7, 11) is 1.51. The van der Waals surface area contributed by atoms with Crippen LogP contribution in [0, 0.1) is 17.2 Å². The summed E-state index contributed by atoms with van der Waals surface area (Å²) in [6, 6.07) is 15.4. The van der Waals surface area contributed by atoms with Crippen LogP contribution in [0.4, 0.5) is 11.4 Å². The SMILES string of the molecule is COc1ccccc1N1C[C@H](C(=O)OCC(=O)Nc2cccc(C#N)c2)CC1=O. The van der Waals surface area contributed by atoms with Gasteiger partial charge in [0.15, 0.2) is 6.61 Å². The number of hydrogen-bond donors (Lipinski definition) is 1. The van der Waals surface area contributed by atoms with Crippen LogP contribution in [0.2, 0.25) is 0 Å². The van der Waals surface area contributed by atoms with Crippen molar-refractivity contribution in [1.29, 1.82) is 5.26 Å². The van der Waals surface area contributed by atoms with Gasteiger partial charge in [0.2, 0.25) is 5.91 Å². The van der Waals surface area contributed by atoms with E-state index in [1.165, 1.54) is 18.1 Å². The number of nitrogens with zero attached hydrogens (tertiary/aromatic N) is 2. The topological polar surface area (TPSA) is 109 Å². The van der Waals surface area contributed by atoms with E-state index in [9.17, 15) is 14.4 Å². The van der Waals surface area contributed by atoms with Crippen molar-refractivity contribution in [1.82, 2.24) is 0 Å². The molecule has 0 saturated carbocycles. The number of benzene rings is 2. The van der Waals surface area contributed by atoms with E-state index in [4.69, 9.17) is 14.7 Å². The highest BCUT2D eigenvalue weighted by molar-refractivity contribution is 6.01. The number of methoxy groups -OCH3 is 1. The highest BCUT2D eigenvalue weighted by Gasteiger charge is 2.37. The molecule has 8 heteroatoms. The molecule has 3 rings (SSSR count). The molecular formula is C21H19N3O5. The lowest BCUT2D eigenvalue weighted by Gasteiger charge is -2.19. The summed E-state index contributed by atoms with van der Waals surface area (Å²) in [4.78, 5) is 38.2. The van der Waals surface area contributed by atoms with Crippen LogP contribution in [0.1, 0.15) is 12.0 Å². The fraction of sp³-hybridized carbons (Fsp3) is 0.238. The molecule has 0 aromatic heterocycles. The minimum absolute atomic E-state index is 0.00269. The third-order valence-corrected chi connectivity index (χ3v) is 4.46. The molecule has 2 aromatic carbocycles. The number of carbonyl (C=O) groups is 3. The van der Waals surface area contributed by atoms with Gasteiger partial charge in [0, 0.05) is 18.7 Å². The Balaban J connectivity index is 1.55. The number of carbonyl (C=O) groups excluding carboxylic acids is 3. The maximum absolute atomic E-state index is 12.4. The predicted octanol–water partition coefficient (Wildman–Crippen LogP) is 2.10. The molecule has 1 atom stereocenters. The largest absolute Gasteiger partial charge is 0.495 e. The van der Waals surface area contributed by atoms with E-state index in [1.54, 1.807) is 42.5 Å². The molecule has 1 saturated heterocycles. The molecule has 0 unspecified atom stereocenters. The lowest BCUT2D eigenvalue weighted by molar-refractivity contribution is -0.151. The number of anilines is 2. The fourth-order valence-electron chi connectivity index (χ4n) is 3.07. The molecule has 0 spiro atoms. The monoisotopic (exact) mass is 393 g/mol. The third kappa shape index (κ3) is 4.71. The van der Waals surface area contributed by atoms with Crippen LogP contribution in [-0.4, -0.2) is 38.0 Å². The zero-order valence-corrected chi connectivity index (χ0v) is 15.8. The first-order valence-corrected chi connectivity index (χ1v) is 8.92. The lowest BCUT2D eigenvalue weighted by Crippen LogP contribution is -2.28. The number of amides is 2. The fourth-order valence-corrected chi connectivity index (χ4v) is 3.07. The van der Waals surface area contributed by atoms with Crippen LogP contribution in [0.3, 0.4) is 0 Å². The number of hydrogen-bond acceptors (Lipinski definition) is 6. The van der Waals surface area contributed by atoms with Gasteiger partial charge in [0.05, 0.1) is 30.3 Å². The van der Waals surface area contributed by atoms with E-state index in [0.717, 1.165) is 0 Å². The standard InChI is InChI=1S/C21H19N3O5/c1-28-18-8-3-2-7-17(18)24-12-15(10-20(24)26)21(27)29-13-19(25)23-16-6-4-5-14(9-16)11-22/h2-9,15H,10,12-13H2,1H3,(H,23,25)/t15-/m1/s1. The van der Waals surface area contributed by atoms with Gasteiger partial charge < -0.3 is 19.7 Å². The molecule has 8 nitrogen and oxygen atoms in total. The van der Waals surface area contributed by atoms with Gasteiger partial charge in [-0.05, 0) is 30.3 Å². The van der Waals surface area contributed by atoms with Gasteiger partial charge in [-0.15, -0.1) is 0 Å². The number of esters is 1. The van der Waals surface area contributed by atoms with Gasteiger partial charge in [-0.25, -0.2) is 0 Å².